The van der Waals surface area contributed by atoms with Crippen LogP contribution in [-0.4, -0.2) is 60.3 Å². The fourth-order valence-corrected chi connectivity index (χ4v) is 4.03. The minimum absolute atomic E-state index is 0.0651. The Morgan fingerprint density at radius 1 is 1.20 bits per heavy atom. The van der Waals surface area contributed by atoms with E-state index in [1.165, 1.54) is 38.9 Å². The van der Waals surface area contributed by atoms with Crippen molar-refractivity contribution < 1.29 is 5.11 Å². The summed E-state index contributed by atoms with van der Waals surface area (Å²) in [4.78, 5) is 5.09. The van der Waals surface area contributed by atoms with Crippen LogP contribution in [0.4, 0.5) is 0 Å². The fraction of sp³-hybridized carbons (Fsp3) is 1.00. The molecule has 0 bridgehead atoms. The number of rotatable bonds is 4. The molecule has 0 spiro atoms. The zero-order valence-corrected chi connectivity index (χ0v) is 13.9. The summed E-state index contributed by atoms with van der Waals surface area (Å²) < 4.78 is 0. The van der Waals surface area contributed by atoms with Gasteiger partial charge in [0.2, 0.25) is 0 Å². The van der Waals surface area contributed by atoms with Crippen LogP contribution in [0.15, 0.2) is 0 Å². The van der Waals surface area contributed by atoms with E-state index in [1.54, 1.807) is 0 Å². The van der Waals surface area contributed by atoms with Crippen molar-refractivity contribution in [3.05, 3.63) is 0 Å². The van der Waals surface area contributed by atoms with Crippen LogP contribution in [0.3, 0.4) is 0 Å². The first-order valence-corrected chi connectivity index (χ1v) is 8.61. The Morgan fingerprint density at radius 3 is 2.60 bits per heavy atom. The molecule has 0 aromatic heterocycles. The SMILES string of the molecule is CCC1CN(CC2CC(C(C)C)CCC2O)CCN1C. The largest absolute Gasteiger partial charge is 0.393 e. The molecular formula is C17H34N2O. The van der Waals surface area contributed by atoms with Gasteiger partial charge < -0.3 is 14.9 Å². The number of likely N-dealkylation sites (N-methyl/N-ethyl adjacent to an activating group) is 1. The van der Waals surface area contributed by atoms with Crippen molar-refractivity contribution in [2.45, 2.75) is 58.6 Å². The minimum Gasteiger partial charge on any atom is -0.393 e. The summed E-state index contributed by atoms with van der Waals surface area (Å²) in [5.41, 5.74) is 0. The third kappa shape index (κ3) is 3.96. The third-order valence-corrected chi connectivity index (χ3v) is 5.75. The second-order valence-corrected chi connectivity index (χ2v) is 7.45. The molecule has 1 aliphatic heterocycles. The molecule has 0 aromatic rings. The summed E-state index contributed by atoms with van der Waals surface area (Å²) in [5.74, 6) is 2.08. The number of nitrogens with zero attached hydrogens (tertiary/aromatic N) is 2. The van der Waals surface area contributed by atoms with Crippen molar-refractivity contribution in [3.8, 4) is 0 Å². The molecule has 2 fully saturated rings. The first kappa shape index (κ1) is 16.3. The van der Waals surface area contributed by atoms with Crippen LogP contribution in [0.25, 0.3) is 0 Å². The summed E-state index contributed by atoms with van der Waals surface area (Å²) in [7, 11) is 2.25. The van der Waals surface area contributed by atoms with Gasteiger partial charge >= 0.3 is 0 Å². The van der Waals surface area contributed by atoms with E-state index >= 15 is 0 Å². The van der Waals surface area contributed by atoms with Crippen LogP contribution in [0.2, 0.25) is 0 Å². The van der Waals surface area contributed by atoms with Gasteiger partial charge in [-0.25, -0.2) is 0 Å². The lowest BCUT2D eigenvalue weighted by Crippen LogP contribution is -2.53. The summed E-state index contributed by atoms with van der Waals surface area (Å²) in [6.07, 6.45) is 4.62. The monoisotopic (exact) mass is 282 g/mol. The van der Waals surface area contributed by atoms with Gasteiger partial charge in [0.15, 0.2) is 0 Å². The van der Waals surface area contributed by atoms with Gasteiger partial charge in [0.05, 0.1) is 6.10 Å². The highest BCUT2D eigenvalue weighted by Crippen LogP contribution is 2.34. The highest BCUT2D eigenvalue weighted by molar-refractivity contribution is 4.86. The molecule has 3 nitrogen and oxygen atoms in total. The first-order chi connectivity index (χ1) is 9.51. The fourth-order valence-electron chi connectivity index (χ4n) is 4.03. The molecule has 4 unspecified atom stereocenters. The molecule has 2 aliphatic rings. The van der Waals surface area contributed by atoms with Crippen molar-refractivity contribution in [1.82, 2.24) is 9.80 Å². The van der Waals surface area contributed by atoms with Gasteiger partial charge in [-0.2, -0.15) is 0 Å². The zero-order valence-electron chi connectivity index (χ0n) is 13.9. The predicted octanol–water partition coefficient (Wildman–Crippen LogP) is 2.45. The van der Waals surface area contributed by atoms with E-state index in [0.717, 1.165) is 24.8 Å². The van der Waals surface area contributed by atoms with E-state index < -0.39 is 0 Å². The maximum absolute atomic E-state index is 10.3. The van der Waals surface area contributed by atoms with Crippen LogP contribution in [0, 0.1) is 17.8 Å². The Bertz CT molecular complexity index is 295. The van der Waals surface area contributed by atoms with Crippen LogP contribution < -0.4 is 0 Å². The van der Waals surface area contributed by atoms with Gasteiger partial charge in [-0.3, -0.25) is 0 Å². The van der Waals surface area contributed by atoms with E-state index in [2.05, 4.69) is 37.6 Å². The van der Waals surface area contributed by atoms with Gasteiger partial charge in [0.1, 0.15) is 0 Å². The lowest BCUT2D eigenvalue weighted by atomic mass is 9.74. The molecule has 4 atom stereocenters. The molecule has 20 heavy (non-hydrogen) atoms. The number of aliphatic hydroxyl groups is 1. The lowest BCUT2D eigenvalue weighted by molar-refractivity contribution is 0.00236. The molecule has 2 rings (SSSR count). The maximum atomic E-state index is 10.3. The Labute approximate surface area is 125 Å². The number of hydrogen-bond acceptors (Lipinski definition) is 3. The van der Waals surface area contributed by atoms with Gasteiger partial charge in [-0.05, 0) is 50.5 Å². The van der Waals surface area contributed by atoms with E-state index in [0.29, 0.717) is 12.0 Å². The molecule has 1 N–H and O–H groups in total. The molecule has 3 heteroatoms. The standard InChI is InChI=1S/C17H34N2O/c1-5-16-12-19(9-8-18(16)4)11-15-10-14(13(2)3)6-7-17(15)20/h13-17,20H,5-12H2,1-4H3. The number of aliphatic hydroxyl groups excluding tert-OH is 1. The Kier molecular flexibility index (Phi) is 5.88. The van der Waals surface area contributed by atoms with E-state index in [9.17, 15) is 5.11 Å². The molecule has 0 amide bonds. The first-order valence-electron chi connectivity index (χ1n) is 8.61. The summed E-state index contributed by atoms with van der Waals surface area (Å²) in [5, 5.41) is 10.3. The highest BCUT2D eigenvalue weighted by atomic mass is 16.3. The average Bonchev–Trinajstić information content (AvgIpc) is 2.43. The number of hydrogen-bond donors (Lipinski definition) is 1. The van der Waals surface area contributed by atoms with Crippen molar-refractivity contribution in [2.75, 3.05) is 33.2 Å². The van der Waals surface area contributed by atoms with Gasteiger partial charge in [0, 0.05) is 32.2 Å². The molecule has 1 aliphatic carbocycles. The Morgan fingerprint density at radius 2 is 1.95 bits per heavy atom. The Balaban J connectivity index is 1.88. The third-order valence-electron chi connectivity index (χ3n) is 5.75. The Hall–Kier alpha value is -0.120. The maximum Gasteiger partial charge on any atom is 0.0580 e. The van der Waals surface area contributed by atoms with Crippen LogP contribution >= 0.6 is 0 Å². The van der Waals surface area contributed by atoms with Crippen molar-refractivity contribution in [3.63, 3.8) is 0 Å². The smallest absolute Gasteiger partial charge is 0.0580 e. The average molecular weight is 282 g/mol. The quantitative estimate of drug-likeness (QED) is 0.858. The minimum atomic E-state index is -0.0651. The van der Waals surface area contributed by atoms with Crippen LogP contribution in [0.1, 0.15) is 46.5 Å². The normalized spacial score (nSPS) is 37.5. The zero-order chi connectivity index (χ0) is 14.7. The van der Waals surface area contributed by atoms with E-state index in [4.69, 9.17) is 0 Å². The van der Waals surface area contributed by atoms with Crippen molar-refractivity contribution >= 4 is 0 Å². The van der Waals surface area contributed by atoms with Gasteiger partial charge in [-0.1, -0.05) is 20.8 Å². The molecule has 1 heterocycles. The van der Waals surface area contributed by atoms with E-state index in [-0.39, 0.29) is 6.10 Å². The molecule has 0 aromatic carbocycles. The molecule has 1 saturated carbocycles. The topological polar surface area (TPSA) is 26.7 Å². The molecule has 1 saturated heterocycles. The van der Waals surface area contributed by atoms with Crippen molar-refractivity contribution in [1.29, 1.82) is 0 Å². The highest BCUT2D eigenvalue weighted by Gasteiger charge is 2.33. The molecule has 118 valence electrons. The van der Waals surface area contributed by atoms with Crippen molar-refractivity contribution in [2.24, 2.45) is 17.8 Å². The molecule has 0 radical (unpaired) electrons. The second-order valence-electron chi connectivity index (χ2n) is 7.45. The van der Waals surface area contributed by atoms with Crippen LogP contribution in [0.5, 0.6) is 0 Å². The molecular weight excluding hydrogens is 248 g/mol. The summed E-state index contributed by atoms with van der Waals surface area (Å²) >= 11 is 0. The lowest BCUT2D eigenvalue weighted by Gasteiger charge is -2.43. The summed E-state index contributed by atoms with van der Waals surface area (Å²) in [6, 6.07) is 0.699. The van der Waals surface area contributed by atoms with Gasteiger partial charge in [0.25, 0.3) is 0 Å². The number of piperazine rings is 1. The second kappa shape index (κ2) is 7.24. The van der Waals surface area contributed by atoms with E-state index in [1.807, 2.05) is 0 Å². The van der Waals surface area contributed by atoms with Gasteiger partial charge in [-0.15, -0.1) is 0 Å². The predicted molar refractivity (Wildman–Crippen MR) is 84.8 cm³/mol. The summed E-state index contributed by atoms with van der Waals surface area (Å²) in [6.45, 7) is 11.6. The van der Waals surface area contributed by atoms with Crippen LogP contribution in [-0.2, 0) is 0 Å².